The third kappa shape index (κ3) is 4.58. The van der Waals surface area contributed by atoms with Crippen LogP contribution >= 0.6 is 0 Å². The SMILES string of the molecule is CNCCCN(C)C(=O)CC1(CN)CCCCC1. The van der Waals surface area contributed by atoms with Crippen molar-refractivity contribution in [3.63, 3.8) is 0 Å². The van der Waals surface area contributed by atoms with E-state index in [-0.39, 0.29) is 11.3 Å². The Morgan fingerprint density at radius 2 is 2.00 bits per heavy atom. The highest BCUT2D eigenvalue weighted by Gasteiger charge is 2.33. The summed E-state index contributed by atoms with van der Waals surface area (Å²) in [6, 6.07) is 0. The Kier molecular flexibility index (Phi) is 6.65. The molecular weight excluding hydrogens is 226 g/mol. The Morgan fingerprint density at radius 1 is 1.33 bits per heavy atom. The van der Waals surface area contributed by atoms with Gasteiger partial charge in [-0.15, -0.1) is 0 Å². The number of amides is 1. The van der Waals surface area contributed by atoms with Crippen LogP contribution in [0.4, 0.5) is 0 Å². The molecule has 1 aliphatic carbocycles. The number of hydrogen-bond acceptors (Lipinski definition) is 3. The monoisotopic (exact) mass is 255 g/mol. The molecular formula is C14H29N3O. The van der Waals surface area contributed by atoms with E-state index in [0.29, 0.717) is 13.0 Å². The highest BCUT2D eigenvalue weighted by Crippen LogP contribution is 2.38. The van der Waals surface area contributed by atoms with Gasteiger partial charge in [0.1, 0.15) is 0 Å². The van der Waals surface area contributed by atoms with Crippen molar-refractivity contribution in [3.05, 3.63) is 0 Å². The summed E-state index contributed by atoms with van der Waals surface area (Å²) >= 11 is 0. The van der Waals surface area contributed by atoms with Crippen molar-refractivity contribution in [1.82, 2.24) is 10.2 Å². The Hall–Kier alpha value is -0.610. The highest BCUT2D eigenvalue weighted by atomic mass is 16.2. The Labute approximate surface area is 111 Å². The van der Waals surface area contributed by atoms with Gasteiger partial charge in [0.2, 0.25) is 5.91 Å². The van der Waals surface area contributed by atoms with E-state index < -0.39 is 0 Å². The zero-order valence-corrected chi connectivity index (χ0v) is 12.0. The zero-order chi connectivity index (χ0) is 13.4. The number of nitrogens with zero attached hydrogens (tertiary/aromatic N) is 1. The Balaban J connectivity index is 2.40. The summed E-state index contributed by atoms with van der Waals surface area (Å²) < 4.78 is 0. The second-order valence-corrected chi connectivity index (χ2v) is 5.71. The van der Waals surface area contributed by atoms with Crippen molar-refractivity contribution < 1.29 is 4.79 Å². The van der Waals surface area contributed by atoms with Crippen molar-refractivity contribution in [2.45, 2.75) is 44.9 Å². The van der Waals surface area contributed by atoms with Gasteiger partial charge in [0.15, 0.2) is 0 Å². The molecule has 1 rings (SSSR count). The van der Waals surface area contributed by atoms with Crippen molar-refractivity contribution >= 4 is 5.91 Å². The van der Waals surface area contributed by atoms with Crippen LogP contribution in [0.1, 0.15) is 44.9 Å². The van der Waals surface area contributed by atoms with E-state index in [4.69, 9.17) is 5.73 Å². The predicted octanol–water partition coefficient (Wildman–Crippen LogP) is 1.35. The van der Waals surface area contributed by atoms with E-state index in [1.54, 1.807) is 0 Å². The van der Waals surface area contributed by atoms with Gasteiger partial charge < -0.3 is 16.0 Å². The van der Waals surface area contributed by atoms with E-state index in [9.17, 15) is 4.79 Å². The standard InChI is InChI=1S/C14H29N3O/c1-16-9-6-10-17(2)13(18)11-14(12-15)7-4-3-5-8-14/h16H,3-12,15H2,1-2H3. The third-order valence-electron chi connectivity index (χ3n) is 4.22. The average Bonchev–Trinajstić information content (AvgIpc) is 2.40. The van der Waals surface area contributed by atoms with Crippen LogP contribution < -0.4 is 11.1 Å². The highest BCUT2D eigenvalue weighted by molar-refractivity contribution is 5.76. The lowest BCUT2D eigenvalue weighted by molar-refractivity contribution is -0.132. The molecule has 1 amide bonds. The van der Waals surface area contributed by atoms with Crippen LogP contribution in [0.25, 0.3) is 0 Å². The van der Waals surface area contributed by atoms with Crippen LogP contribution in [-0.2, 0) is 4.79 Å². The molecule has 0 aliphatic heterocycles. The first-order valence-electron chi connectivity index (χ1n) is 7.22. The minimum Gasteiger partial charge on any atom is -0.346 e. The minimum atomic E-state index is 0.0899. The number of carbonyl (C=O) groups excluding carboxylic acids is 1. The molecule has 0 spiro atoms. The van der Waals surface area contributed by atoms with Crippen LogP contribution in [0.3, 0.4) is 0 Å². The molecule has 4 heteroatoms. The van der Waals surface area contributed by atoms with Gasteiger partial charge in [-0.1, -0.05) is 19.3 Å². The molecule has 0 heterocycles. The van der Waals surface area contributed by atoms with E-state index in [1.807, 2.05) is 19.0 Å². The van der Waals surface area contributed by atoms with E-state index in [0.717, 1.165) is 32.4 Å². The molecule has 0 bridgehead atoms. The van der Waals surface area contributed by atoms with E-state index in [1.165, 1.54) is 19.3 Å². The maximum atomic E-state index is 12.2. The molecule has 0 radical (unpaired) electrons. The lowest BCUT2D eigenvalue weighted by Crippen LogP contribution is -2.39. The second-order valence-electron chi connectivity index (χ2n) is 5.71. The molecule has 1 saturated carbocycles. The first kappa shape index (κ1) is 15.4. The summed E-state index contributed by atoms with van der Waals surface area (Å²) in [7, 11) is 3.85. The number of carbonyl (C=O) groups is 1. The van der Waals surface area contributed by atoms with Crippen molar-refractivity contribution in [2.24, 2.45) is 11.1 Å². The first-order valence-corrected chi connectivity index (χ1v) is 7.22. The average molecular weight is 255 g/mol. The summed E-state index contributed by atoms with van der Waals surface area (Å²) in [6.45, 7) is 2.45. The number of nitrogens with one attached hydrogen (secondary N) is 1. The van der Waals surface area contributed by atoms with Gasteiger partial charge in [0.05, 0.1) is 0 Å². The minimum absolute atomic E-state index is 0.0899. The fraction of sp³-hybridized carbons (Fsp3) is 0.929. The quantitative estimate of drug-likeness (QED) is 0.675. The second kappa shape index (κ2) is 7.74. The summed E-state index contributed by atoms with van der Waals surface area (Å²) in [6.07, 6.45) is 7.66. The molecule has 0 aromatic heterocycles. The zero-order valence-electron chi connectivity index (χ0n) is 12.0. The first-order chi connectivity index (χ1) is 8.63. The molecule has 4 nitrogen and oxygen atoms in total. The lowest BCUT2D eigenvalue weighted by Gasteiger charge is -2.36. The third-order valence-corrected chi connectivity index (χ3v) is 4.22. The van der Waals surface area contributed by atoms with Crippen molar-refractivity contribution in [3.8, 4) is 0 Å². The van der Waals surface area contributed by atoms with Gasteiger partial charge in [-0.05, 0) is 44.8 Å². The summed E-state index contributed by atoms with van der Waals surface area (Å²) in [5.74, 6) is 0.262. The van der Waals surface area contributed by atoms with Gasteiger partial charge in [0.25, 0.3) is 0 Å². The number of rotatable bonds is 7. The summed E-state index contributed by atoms with van der Waals surface area (Å²) in [5, 5.41) is 3.10. The summed E-state index contributed by atoms with van der Waals surface area (Å²) in [4.78, 5) is 14.1. The molecule has 1 aliphatic rings. The van der Waals surface area contributed by atoms with Gasteiger partial charge in [-0.3, -0.25) is 4.79 Å². The van der Waals surface area contributed by atoms with E-state index in [2.05, 4.69) is 5.32 Å². The molecule has 0 atom stereocenters. The molecule has 0 aromatic carbocycles. The maximum Gasteiger partial charge on any atom is 0.222 e. The fourth-order valence-corrected chi connectivity index (χ4v) is 2.83. The van der Waals surface area contributed by atoms with Crippen molar-refractivity contribution in [1.29, 1.82) is 0 Å². The Bertz CT molecular complexity index is 249. The molecule has 1 fully saturated rings. The lowest BCUT2D eigenvalue weighted by atomic mass is 9.71. The maximum absolute atomic E-state index is 12.2. The number of nitrogens with two attached hydrogens (primary N) is 1. The van der Waals surface area contributed by atoms with Gasteiger partial charge in [-0.25, -0.2) is 0 Å². The summed E-state index contributed by atoms with van der Waals surface area (Å²) in [5.41, 5.74) is 6.02. The van der Waals surface area contributed by atoms with Crippen LogP contribution in [-0.4, -0.2) is 44.5 Å². The molecule has 0 unspecified atom stereocenters. The molecule has 0 aromatic rings. The smallest absolute Gasteiger partial charge is 0.222 e. The van der Waals surface area contributed by atoms with E-state index >= 15 is 0 Å². The molecule has 3 N–H and O–H groups in total. The van der Waals surface area contributed by atoms with Crippen LogP contribution in [0.2, 0.25) is 0 Å². The van der Waals surface area contributed by atoms with Crippen LogP contribution in [0.5, 0.6) is 0 Å². The van der Waals surface area contributed by atoms with Gasteiger partial charge in [0, 0.05) is 20.0 Å². The van der Waals surface area contributed by atoms with Crippen LogP contribution in [0.15, 0.2) is 0 Å². The predicted molar refractivity (Wildman–Crippen MR) is 75.4 cm³/mol. The Morgan fingerprint density at radius 3 is 2.56 bits per heavy atom. The van der Waals surface area contributed by atoms with Gasteiger partial charge >= 0.3 is 0 Å². The normalized spacial score (nSPS) is 18.6. The van der Waals surface area contributed by atoms with Crippen molar-refractivity contribution in [2.75, 3.05) is 33.7 Å². The number of hydrogen-bond donors (Lipinski definition) is 2. The van der Waals surface area contributed by atoms with Gasteiger partial charge in [-0.2, -0.15) is 0 Å². The topological polar surface area (TPSA) is 58.4 Å². The largest absolute Gasteiger partial charge is 0.346 e. The fourth-order valence-electron chi connectivity index (χ4n) is 2.83. The molecule has 18 heavy (non-hydrogen) atoms. The van der Waals surface area contributed by atoms with Crippen LogP contribution in [0, 0.1) is 5.41 Å². The molecule has 0 saturated heterocycles. The molecule has 106 valence electrons.